The summed E-state index contributed by atoms with van der Waals surface area (Å²) in [6, 6.07) is 68.8. The Kier molecular flexibility index (Phi) is 17.9. The van der Waals surface area contributed by atoms with E-state index < -0.39 is 17.2 Å². The van der Waals surface area contributed by atoms with Crippen LogP contribution in [0.25, 0.3) is 9.69 Å². The summed E-state index contributed by atoms with van der Waals surface area (Å²) in [7, 11) is 0. The topological polar surface area (TPSA) is 52.5 Å². The molecule has 0 radical (unpaired) electrons. The summed E-state index contributed by atoms with van der Waals surface area (Å²) in [4.78, 5) is 23.6. The highest BCUT2D eigenvalue weighted by molar-refractivity contribution is 6.32. The van der Waals surface area contributed by atoms with Crippen molar-refractivity contribution in [2.45, 2.75) is 74.7 Å². The van der Waals surface area contributed by atoms with Crippen molar-refractivity contribution < 1.29 is 9.90 Å². The second kappa shape index (κ2) is 25.0. The van der Waals surface area contributed by atoms with Crippen LogP contribution in [0.5, 0.6) is 0 Å². The third-order valence-electron chi connectivity index (χ3n) is 14.3. The fourth-order valence-corrected chi connectivity index (χ4v) is 11.4. The Morgan fingerprint density at radius 2 is 1.03 bits per heavy atom. The number of rotatable bonds is 12. The first kappa shape index (κ1) is 52.2. The largest absolute Gasteiger partial charge is 0.391 e. The second-order valence-corrected chi connectivity index (χ2v) is 19.4. The first-order valence-corrected chi connectivity index (χ1v) is 25.8. The van der Waals surface area contributed by atoms with Crippen LogP contribution in [0.15, 0.2) is 235 Å². The van der Waals surface area contributed by atoms with E-state index in [9.17, 15) is 9.90 Å². The van der Waals surface area contributed by atoms with Gasteiger partial charge in [0.2, 0.25) is 0 Å². The minimum absolute atomic E-state index is 0.0708. The maximum atomic E-state index is 11.9. The van der Waals surface area contributed by atoms with E-state index in [0.717, 1.165) is 56.2 Å². The third kappa shape index (κ3) is 11.4. The van der Waals surface area contributed by atoms with Crippen LogP contribution in [-0.4, -0.2) is 52.5 Å². The van der Waals surface area contributed by atoms with Crippen molar-refractivity contribution in [2.75, 3.05) is 13.1 Å². The molecule has 6 nitrogen and oxygen atoms in total. The van der Waals surface area contributed by atoms with Gasteiger partial charge in [0.1, 0.15) is 6.29 Å². The zero-order chi connectivity index (χ0) is 51.0. The lowest BCUT2D eigenvalue weighted by atomic mass is 9.74. The van der Waals surface area contributed by atoms with Crippen molar-refractivity contribution in [1.82, 2.24) is 9.80 Å². The molecule has 8 heteroatoms. The van der Waals surface area contributed by atoms with Crippen molar-refractivity contribution in [3.8, 4) is 0 Å². The maximum Gasteiger partial charge on any atom is 0.188 e. The molecule has 2 aliphatic heterocycles. The second-order valence-electron chi connectivity index (χ2n) is 18.6. The molecular formula is C65H60Cl2N4O2. The lowest BCUT2D eigenvalue weighted by molar-refractivity contribution is -0.112. The zero-order valence-corrected chi connectivity index (χ0v) is 42.7. The van der Waals surface area contributed by atoms with Crippen molar-refractivity contribution in [2.24, 2.45) is 0 Å². The Morgan fingerprint density at radius 1 is 0.603 bits per heavy atom. The van der Waals surface area contributed by atoms with Crippen molar-refractivity contribution in [3.05, 3.63) is 302 Å². The summed E-state index contributed by atoms with van der Waals surface area (Å²) >= 11 is 12.4. The van der Waals surface area contributed by atoms with Crippen molar-refractivity contribution in [1.29, 1.82) is 0 Å². The van der Waals surface area contributed by atoms with E-state index in [1.165, 1.54) is 33.4 Å². The number of carbonyl (C=O) groups excluding carboxylic acids is 1. The van der Waals surface area contributed by atoms with Crippen LogP contribution >= 0.6 is 23.2 Å². The van der Waals surface area contributed by atoms with Gasteiger partial charge in [-0.05, 0) is 83.2 Å². The molecule has 10 rings (SSSR count). The molecule has 0 amide bonds. The minimum Gasteiger partial charge on any atom is -0.391 e. The molecule has 7 aromatic rings. The van der Waals surface area contributed by atoms with E-state index in [2.05, 4.69) is 183 Å². The van der Waals surface area contributed by atoms with Gasteiger partial charge in [0.05, 0.1) is 36.4 Å². The van der Waals surface area contributed by atoms with Crippen molar-refractivity contribution >= 4 is 35.2 Å². The molecule has 1 unspecified atom stereocenters. The van der Waals surface area contributed by atoms with Crippen LogP contribution < -0.4 is 0 Å². The van der Waals surface area contributed by atoms with E-state index in [-0.39, 0.29) is 12.1 Å². The van der Waals surface area contributed by atoms with Crippen LogP contribution in [0.1, 0.15) is 77.5 Å². The number of nitrogens with zero attached hydrogens (tertiary/aromatic N) is 4. The molecule has 2 saturated heterocycles. The standard InChI is InChI=1S/C33H31ClN2O.C24H23NO.C8H6ClN/c1-35-29-20-19-25(30(34)22-21-29)24-32(37)31-18-11-23-36(31)33(26-12-5-2-6-13-26,27-14-7-3-8-15-27)28-16-9-4-10-17-28;26-19-23-17-10-18-25(23)24(20-11-4-1-5-12-20,21-13-6-2-7-14-21)22-15-8-3-9-16-22;1-6-3-4-7(10-2)5-8(6)9/h2-10,12-17,19-20,22,31-32,37H,11,18,21,23-24H2;1-9,11-16,19,23H,10,17-18H2;3-5H,1H3/t31-,32+;;/m0../s1. The van der Waals surface area contributed by atoms with E-state index in [1.54, 1.807) is 12.1 Å². The molecule has 0 aromatic heterocycles. The van der Waals surface area contributed by atoms with Gasteiger partial charge in [-0.2, -0.15) is 0 Å². The highest BCUT2D eigenvalue weighted by Gasteiger charge is 2.49. The van der Waals surface area contributed by atoms with Crippen LogP contribution in [-0.2, 0) is 15.9 Å². The monoisotopic (exact) mass is 998 g/mol. The molecule has 3 atom stereocenters. The third-order valence-corrected chi connectivity index (χ3v) is 15.1. The number of hydrogen-bond donors (Lipinski definition) is 1. The number of carbonyl (C=O) groups is 1. The van der Waals surface area contributed by atoms with Gasteiger partial charge < -0.3 is 9.90 Å². The van der Waals surface area contributed by atoms with Crippen LogP contribution in [0.4, 0.5) is 5.69 Å². The number of aldehydes is 1. The molecule has 2 fully saturated rings. The molecule has 366 valence electrons. The van der Waals surface area contributed by atoms with Crippen molar-refractivity contribution in [3.63, 3.8) is 0 Å². The highest BCUT2D eigenvalue weighted by Crippen LogP contribution is 2.48. The normalized spacial score (nSPS) is 17.4. The number of aryl methyl sites for hydroxylation is 1. The fourth-order valence-electron chi connectivity index (χ4n) is 11.0. The van der Waals surface area contributed by atoms with Gasteiger partial charge >= 0.3 is 0 Å². The van der Waals surface area contributed by atoms with Gasteiger partial charge in [-0.3, -0.25) is 9.80 Å². The Hall–Kier alpha value is -7.13. The minimum atomic E-state index is -0.616. The van der Waals surface area contributed by atoms with Gasteiger partial charge in [0.25, 0.3) is 0 Å². The average Bonchev–Trinajstić information content (AvgIpc) is 4.12. The number of likely N-dealkylation sites (tertiary alicyclic amines) is 2. The smallest absolute Gasteiger partial charge is 0.188 e. The summed E-state index contributed by atoms with van der Waals surface area (Å²) < 4.78 is 0. The Labute approximate surface area is 441 Å². The first-order valence-electron chi connectivity index (χ1n) is 25.0. The van der Waals surface area contributed by atoms with Gasteiger partial charge in [0, 0.05) is 42.0 Å². The molecular weight excluding hydrogens is 940 g/mol. The Morgan fingerprint density at radius 3 is 1.44 bits per heavy atom. The quantitative estimate of drug-likeness (QED) is 0.0753. The lowest BCUT2D eigenvalue weighted by Crippen LogP contribution is -2.53. The first-order chi connectivity index (χ1) is 35.7. The fraction of sp³-hybridized carbons (Fsp3) is 0.215. The van der Waals surface area contributed by atoms with E-state index in [1.807, 2.05) is 49.4 Å². The lowest BCUT2D eigenvalue weighted by Gasteiger charge is -2.47. The highest BCUT2D eigenvalue weighted by atomic mass is 35.5. The molecule has 0 saturated carbocycles. The molecule has 7 aromatic carbocycles. The molecule has 0 bridgehead atoms. The van der Waals surface area contributed by atoms with Crippen LogP contribution in [0, 0.1) is 20.1 Å². The molecule has 1 aliphatic carbocycles. The van der Waals surface area contributed by atoms with Gasteiger partial charge in [-0.1, -0.05) is 236 Å². The number of hydrogen-bond acceptors (Lipinski definition) is 4. The molecule has 2 heterocycles. The number of benzene rings is 7. The van der Waals surface area contributed by atoms with Crippen LogP contribution in [0.3, 0.4) is 0 Å². The predicted octanol–water partition coefficient (Wildman–Crippen LogP) is 15.3. The molecule has 73 heavy (non-hydrogen) atoms. The summed E-state index contributed by atoms with van der Waals surface area (Å²) in [5.74, 6) is 0. The molecule has 0 spiro atoms. The number of aliphatic hydroxyl groups is 1. The van der Waals surface area contributed by atoms with Gasteiger partial charge in [-0.25, -0.2) is 9.69 Å². The SMILES string of the molecule is O=CC1CCCN1C(c1ccccc1)(c1ccccc1)c1ccccc1.[C-]#[N+]C1=CC=C(C[C@@H](O)[C@@H]2CCCN2C(c2ccccc2)(c2ccccc2)c2ccccc2)C(Cl)=CC1.[C-]#[N+]c1ccc(C)c(Cl)c1. The number of allylic oxidation sites excluding steroid dienone is 4. The van der Waals surface area contributed by atoms with E-state index in [0.29, 0.717) is 34.3 Å². The number of aliphatic hydroxyl groups excluding tert-OH is 1. The average molecular weight is 1000 g/mol. The van der Waals surface area contributed by atoms with Gasteiger partial charge in [0.15, 0.2) is 11.4 Å². The van der Waals surface area contributed by atoms with Crippen LogP contribution in [0.2, 0.25) is 5.02 Å². The Bertz CT molecular complexity index is 2890. The zero-order valence-electron chi connectivity index (χ0n) is 41.2. The van der Waals surface area contributed by atoms with Gasteiger partial charge in [-0.15, -0.1) is 0 Å². The summed E-state index contributed by atoms with van der Waals surface area (Å²) in [5.41, 5.74) is 9.26. The summed E-state index contributed by atoms with van der Waals surface area (Å²) in [5, 5.41) is 13.0. The predicted molar refractivity (Wildman–Crippen MR) is 298 cm³/mol. The Balaban J connectivity index is 0.000000170. The number of halogens is 2. The van der Waals surface area contributed by atoms with E-state index in [4.69, 9.17) is 36.3 Å². The maximum absolute atomic E-state index is 11.9. The van der Waals surface area contributed by atoms with E-state index >= 15 is 0 Å². The molecule has 3 aliphatic rings. The summed E-state index contributed by atoms with van der Waals surface area (Å²) in [6.07, 6.45) is 10.9. The summed E-state index contributed by atoms with van der Waals surface area (Å²) in [6.45, 7) is 17.7. The molecule has 1 N–H and O–H groups in total.